The molecule has 8 heteroatoms. The average molecular weight is 315 g/mol. The first-order chi connectivity index (χ1) is 9.94. The van der Waals surface area contributed by atoms with Crippen LogP contribution in [-0.2, 0) is 6.18 Å². The summed E-state index contributed by atoms with van der Waals surface area (Å²) < 4.78 is 43.5. The summed E-state index contributed by atoms with van der Waals surface area (Å²) in [7, 11) is 3.00. The van der Waals surface area contributed by atoms with Gasteiger partial charge in [-0.2, -0.15) is 13.2 Å². The number of aromatic nitrogens is 2. The minimum atomic E-state index is -4.59. The molecule has 0 spiro atoms. The van der Waals surface area contributed by atoms with Crippen molar-refractivity contribution in [3.8, 4) is 5.75 Å². The number of halogens is 3. The summed E-state index contributed by atoms with van der Waals surface area (Å²) in [6.45, 7) is 0. The number of ether oxygens (including phenoxy) is 1. The summed E-state index contributed by atoms with van der Waals surface area (Å²) in [6, 6.07) is 8.48. The van der Waals surface area contributed by atoms with Gasteiger partial charge in [-0.15, -0.1) is 0 Å². The number of hydrogen-bond donors (Lipinski definition) is 1. The van der Waals surface area contributed by atoms with Crippen LogP contribution in [0.5, 0.6) is 5.75 Å². The maximum atomic E-state index is 12.8. The van der Waals surface area contributed by atoms with E-state index in [4.69, 9.17) is 4.74 Å². The molecule has 2 aromatic rings. The van der Waals surface area contributed by atoms with Crippen LogP contribution in [0.4, 0.5) is 19.0 Å². The number of alkyl halides is 3. The molecule has 0 radical (unpaired) electrons. The van der Waals surface area contributed by atoms with Crippen LogP contribution < -0.4 is 10.1 Å². The van der Waals surface area contributed by atoms with E-state index < -0.39 is 12.0 Å². The molecule has 0 bridgehead atoms. The number of anilines is 1. The number of rotatable bonds is 4. The van der Waals surface area contributed by atoms with Crippen molar-refractivity contribution >= 4 is 17.6 Å². The lowest BCUT2D eigenvalue weighted by Crippen LogP contribution is -2.12. The lowest BCUT2D eigenvalue weighted by Gasteiger charge is -2.11. The Morgan fingerprint density at radius 1 is 1.19 bits per heavy atom. The lowest BCUT2D eigenvalue weighted by atomic mass is 10.3. The third kappa shape index (κ3) is 3.78. The van der Waals surface area contributed by atoms with Gasteiger partial charge in [0.05, 0.1) is 12.0 Å². The van der Waals surface area contributed by atoms with E-state index in [0.29, 0.717) is 10.6 Å². The summed E-state index contributed by atoms with van der Waals surface area (Å²) >= 11 is 1.08. The minimum Gasteiger partial charge on any atom is -0.496 e. The second-order valence-corrected chi connectivity index (χ2v) is 4.98. The molecule has 0 saturated heterocycles. The summed E-state index contributed by atoms with van der Waals surface area (Å²) in [4.78, 5) is 7.65. The van der Waals surface area contributed by atoms with Gasteiger partial charge in [0.2, 0.25) is 5.82 Å². The standard InChI is InChI=1S/C13H12F3N3OS/c1-17-10-7-11(19-12(18-10)13(14,15)16)21-9-6-4-3-5-8(9)20-2/h3-7H,1-2H3,(H,17,18,19). The molecule has 21 heavy (non-hydrogen) atoms. The maximum Gasteiger partial charge on any atom is 0.451 e. The van der Waals surface area contributed by atoms with Crippen molar-refractivity contribution in [1.82, 2.24) is 9.97 Å². The van der Waals surface area contributed by atoms with Gasteiger partial charge in [-0.05, 0) is 12.1 Å². The molecule has 0 amide bonds. The van der Waals surface area contributed by atoms with E-state index in [1.54, 1.807) is 24.3 Å². The zero-order valence-corrected chi connectivity index (χ0v) is 12.0. The first-order valence-corrected chi connectivity index (χ1v) is 6.70. The Morgan fingerprint density at radius 2 is 1.90 bits per heavy atom. The van der Waals surface area contributed by atoms with Crippen molar-refractivity contribution in [1.29, 1.82) is 0 Å². The molecule has 0 aliphatic heterocycles. The van der Waals surface area contributed by atoms with Crippen LogP contribution in [0, 0.1) is 0 Å². The van der Waals surface area contributed by atoms with E-state index in [9.17, 15) is 13.2 Å². The Bertz CT molecular complexity index is 634. The van der Waals surface area contributed by atoms with Crippen LogP contribution in [0.1, 0.15) is 5.82 Å². The Hall–Kier alpha value is -1.96. The van der Waals surface area contributed by atoms with Crippen LogP contribution in [0.25, 0.3) is 0 Å². The molecule has 0 atom stereocenters. The Morgan fingerprint density at radius 3 is 2.52 bits per heavy atom. The van der Waals surface area contributed by atoms with Crippen molar-refractivity contribution in [2.24, 2.45) is 0 Å². The summed E-state index contributed by atoms with van der Waals surface area (Å²) in [5.41, 5.74) is 0. The van der Waals surface area contributed by atoms with Crippen LogP contribution in [0.15, 0.2) is 40.3 Å². The van der Waals surface area contributed by atoms with Gasteiger partial charge in [-0.25, -0.2) is 9.97 Å². The molecule has 0 saturated carbocycles. The van der Waals surface area contributed by atoms with Crippen LogP contribution in [0.3, 0.4) is 0 Å². The highest BCUT2D eigenvalue weighted by atomic mass is 32.2. The molecule has 0 aliphatic carbocycles. The molecule has 1 N–H and O–H groups in total. The number of para-hydroxylation sites is 1. The Balaban J connectivity index is 2.39. The van der Waals surface area contributed by atoms with Gasteiger partial charge >= 0.3 is 6.18 Å². The van der Waals surface area contributed by atoms with Crippen molar-refractivity contribution in [2.75, 3.05) is 19.5 Å². The van der Waals surface area contributed by atoms with E-state index >= 15 is 0 Å². The summed E-state index contributed by atoms with van der Waals surface area (Å²) in [5.74, 6) is -0.498. The highest BCUT2D eigenvalue weighted by Gasteiger charge is 2.35. The van der Waals surface area contributed by atoms with Gasteiger partial charge in [0, 0.05) is 13.1 Å². The maximum absolute atomic E-state index is 12.8. The SMILES string of the molecule is CNc1cc(Sc2ccccc2OC)nc(C(F)(F)F)n1. The molecule has 1 aromatic carbocycles. The molecule has 2 rings (SSSR count). The fourth-order valence-corrected chi connectivity index (χ4v) is 2.47. The predicted octanol–water partition coefficient (Wildman–Crippen LogP) is 3.70. The first kappa shape index (κ1) is 15.4. The van der Waals surface area contributed by atoms with Gasteiger partial charge in [-0.3, -0.25) is 0 Å². The van der Waals surface area contributed by atoms with Crippen molar-refractivity contribution < 1.29 is 17.9 Å². The molecule has 1 aromatic heterocycles. The first-order valence-electron chi connectivity index (χ1n) is 5.89. The normalized spacial score (nSPS) is 11.3. The van der Waals surface area contributed by atoms with E-state index in [0.717, 1.165) is 11.8 Å². The van der Waals surface area contributed by atoms with E-state index in [1.165, 1.54) is 20.2 Å². The second-order valence-electron chi connectivity index (χ2n) is 3.92. The number of hydrogen-bond acceptors (Lipinski definition) is 5. The molecule has 0 fully saturated rings. The van der Waals surface area contributed by atoms with E-state index in [1.807, 2.05) is 0 Å². The van der Waals surface area contributed by atoms with Crippen molar-refractivity contribution in [2.45, 2.75) is 16.1 Å². The molecular formula is C13H12F3N3OS. The van der Waals surface area contributed by atoms with E-state index in [2.05, 4.69) is 15.3 Å². The smallest absolute Gasteiger partial charge is 0.451 e. The van der Waals surface area contributed by atoms with Crippen LogP contribution >= 0.6 is 11.8 Å². The highest BCUT2D eigenvalue weighted by molar-refractivity contribution is 7.99. The highest BCUT2D eigenvalue weighted by Crippen LogP contribution is 2.36. The van der Waals surface area contributed by atoms with Crippen LogP contribution in [0.2, 0.25) is 0 Å². The van der Waals surface area contributed by atoms with E-state index in [-0.39, 0.29) is 10.8 Å². The van der Waals surface area contributed by atoms with Crippen molar-refractivity contribution in [3.63, 3.8) is 0 Å². The quantitative estimate of drug-likeness (QED) is 0.872. The third-order valence-corrected chi connectivity index (χ3v) is 3.47. The van der Waals surface area contributed by atoms with Crippen molar-refractivity contribution in [3.05, 3.63) is 36.2 Å². The number of nitrogens with one attached hydrogen (secondary N) is 1. The summed E-state index contributed by atoms with van der Waals surface area (Å²) in [5, 5.41) is 2.78. The minimum absolute atomic E-state index is 0.106. The molecule has 0 aliphatic rings. The predicted molar refractivity (Wildman–Crippen MR) is 73.7 cm³/mol. The van der Waals surface area contributed by atoms with Gasteiger partial charge in [0.1, 0.15) is 16.6 Å². The second kappa shape index (κ2) is 6.21. The largest absolute Gasteiger partial charge is 0.496 e. The number of benzene rings is 1. The van der Waals surface area contributed by atoms with Gasteiger partial charge in [-0.1, -0.05) is 23.9 Å². The van der Waals surface area contributed by atoms with Crippen LogP contribution in [-0.4, -0.2) is 24.1 Å². The third-order valence-electron chi connectivity index (χ3n) is 2.50. The number of methoxy groups -OCH3 is 1. The zero-order valence-electron chi connectivity index (χ0n) is 11.2. The monoisotopic (exact) mass is 315 g/mol. The fraction of sp³-hybridized carbons (Fsp3) is 0.231. The Kier molecular flexibility index (Phi) is 4.56. The topological polar surface area (TPSA) is 47.0 Å². The van der Waals surface area contributed by atoms with Gasteiger partial charge in [0.15, 0.2) is 0 Å². The Labute approximate surface area is 123 Å². The zero-order chi connectivity index (χ0) is 15.5. The molecule has 112 valence electrons. The molecule has 0 unspecified atom stereocenters. The summed E-state index contributed by atoms with van der Waals surface area (Å²) in [6.07, 6.45) is -4.59. The van der Waals surface area contributed by atoms with Gasteiger partial charge in [0.25, 0.3) is 0 Å². The molecular weight excluding hydrogens is 303 g/mol. The molecule has 1 heterocycles. The fourth-order valence-electron chi connectivity index (χ4n) is 1.55. The van der Waals surface area contributed by atoms with Gasteiger partial charge < -0.3 is 10.1 Å². The lowest BCUT2D eigenvalue weighted by molar-refractivity contribution is -0.145. The average Bonchev–Trinajstić information content (AvgIpc) is 2.46. The molecule has 4 nitrogen and oxygen atoms in total. The number of nitrogens with zero attached hydrogens (tertiary/aromatic N) is 2.